The van der Waals surface area contributed by atoms with Crippen molar-refractivity contribution in [3.8, 4) is 0 Å². The van der Waals surface area contributed by atoms with E-state index in [1.54, 1.807) is 12.1 Å². The van der Waals surface area contributed by atoms with Crippen LogP contribution in [-0.4, -0.2) is 16.8 Å². The number of hydrogen-bond acceptors (Lipinski definition) is 5. The van der Waals surface area contributed by atoms with Crippen LogP contribution in [0.15, 0.2) is 69.9 Å². The predicted molar refractivity (Wildman–Crippen MR) is 98.4 cm³/mol. The number of furan rings is 1. The Hall–Kier alpha value is -3.19. The van der Waals surface area contributed by atoms with Crippen molar-refractivity contribution in [1.29, 1.82) is 0 Å². The van der Waals surface area contributed by atoms with Crippen LogP contribution in [0.3, 0.4) is 0 Å². The second-order valence-electron chi connectivity index (χ2n) is 6.09. The summed E-state index contributed by atoms with van der Waals surface area (Å²) in [6, 6.07) is 9.51. The van der Waals surface area contributed by atoms with Crippen molar-refractivity contribution in [2.45, 2.75) is 13.0 Å². The first-order valence-electron chi connectivity index (χ1n) is 8.13. The highest BCUT2D eigenvalue weighted by Gasteiger charge is 2.46. The number of amides is 1. The number of thiophene rings is 1. The molecule has 0 spiro atoms. The first-order valence-corrected chi connectivity index (χ1v) is 9.01. The van der Waals surface area contributed by atoms with Crippen molar-refractivity contribution < 1.29 is 23.5 Å². The quantitative estimate of drug-likeness (QED) is 0.670. The summed E-state index contributed by atoms with van der Waals surface area (Å²) >= 11 is 1.36. The molecular weight excluding hydrogens is 369 g/mol. The third kappa shape index (κ3) is 2.76. The second-order valence-corrected chi connectivity index (χ2v) is 7.04. The summed E-state index contributed by atoms with van der Waals surface area (Å²) in [4.78, 5) is 27.8. The Morgan fingerprint density at radius 2 is 2.07 bits per heavy atom. The number of aliphatic hydroxyl groups excluding tert-OH is 1. The molecule has 3 heterocycles. The molecule has 4 rings (SSSR count). The molecule has 3 aromatic rings. The molecule has 27 heavy (non-hydrogen) atoms. The van der Waals surface area contributed by atoms with Crippen LogP contribution in [-0.2, 0) is 4.79 Å². The predicted octanol–water partition coefficient (Wildman–Crippen LogP) is 4.57. The molecule has 7 heteroatoms. The van der Waals surface area contributed by atoms with E-state index in [4.69, 9.17) is 4.42 Å². The van der Waals surface area contributed by atoms with E-state index in [1.807, 2.05) is 18.4 Å². The highest BCUT2D eigenvalue weighted by Crippen LogP contribution is 2.44. The zero-order chi connectivity index (χ0) is 19.1. The van der Waals surface area contributed by atoms with Crippen molar-refractivity contribution in [2.24, 2.45) is 0 Å². The van der Waals surface area contributed by atoms with Gasteiger partial charge in [-0.05, 0) is 54.3 Å². The third-order valence-corrected chi connectivity index (χ3v) is 5.51. The number of anilines is 1. The Morgan fingerprint density at radius 1 is 1.26 bits per heavy atom. The summed E-state index contributed by atoms with van der Waals surface area (Å²) in [6.07, 6.45) is 1.34. The van der Waals surface area contributed by atoms with Gasteiger partial charge in [0.2, 0.25) is 5.78 Å². The van der Waals surface area contributed by atoms with E-state index in [2.05, 4.69) is 0 Å². The lowest BCUT2D eigenvalue weighted by Gasteiger charge is -2.26. The van der Waals surface area contributed by atoms with Crippen LogP contribution in [0.25, 0.3) is 0 Å². The van der Waals surface area contributed by atoms with Gasteiger partial charge in [-0.25, -0.2) is 4.39 Å². The summed E-state index contributed by atoms with van der Waals surface area (Å²) < 4.78 is 18.9. The Balaban J connectivity index is 1.90. The van der Waals surface area contributed by atoms with Gasteiger partial charge < -0.3 is 9.52 Å². The van der Waals surface area contributed by atoms with Gasteiger partial charge in [0.15, 0.2) is 11.5 Å². The van der Waals surface area contributed by atoms with Crippen LogP contribution < -0.4 is 4.90 Å². The van der Waals surface area contributed by atoms with E-state index < -0.39 is 29.3 Å². The summed E-state index contributed by atoms with van der Waals surface area (Å²) in [5.41, 5.74) is 1.04. The molecule has 0 bridgehead atoms. The molecule has 1 aliphatic heterocycles. The van der Waals surface area contributed by atoms with Gasteiger partial charge in [0.25, 0.3) is 5.91 Å². The van der Waals surface area contributed by atoms with Crippen molar-refractivity contribution in [3.63, 3.8) is 0 Å². The summed E-state index contributed by atoms with van der Waals surface area (Å²) in [5, 5.41) is 12.4. The smallest absolute Gasteiger partial charge is 0.294 e. The number of halogens is 1. The van der Waals surface area contributed by atoms with Crippen LogP contribution in [0, 0.1) is 12.7 Å². The lowest BCUT2D eigenvalue weighted by atomic mass is 9.98. The Labute approximate surface area is 158 Å². The third-order valence-electron chi connectivity index (χ3n) is 4.43. The number of nitrogens with zero attached hydrogens (tertiary/aromatic N) is 1. The number of aliphatic hydroxyl groups is 1. The zero-order valence-electron chi connectivity index (χ0n) is 14.2. The Bertz CT molecular complexity index is 1070. The lowest BCUT2D eigenvalue weighted by molar-refractivity contribution is -0.117. The monoisotopic (exact) mass is 383 g/mol. The molecule has 2 aromatic heterocycles. The SMILES string of the molecule is Cc1ccsc1C1C(C(=O)c2ccco2)=C(O)C(=O)N1c1cccc(F)c1. The van der Waals surface area contributed by atoms with E-state index >= 15 is 0 Å². The van der Waals surface area contributed by atoms with Crippen LogP contribution in [0.1, 0.15) is 27.0 Å². The molecular formula is C20H14FNO4S. The normalized spacial score (nSPS) is 17.0. The van der Waals surface area contributed by atoms with Crippen LogP contribution in [0.5, 0.6) is 0 Å². The van der Waals surface area contributed by atoms with Crippen LogP contribution in [0.2, 0.25) is 0 Å². The molecule has 1 aliphatic rings. The molecule has 0 aliphatic carbocycles. The fraction of sp³-hybridized carbons (Fsp3) is 0.100. The van der Waals surface area contributed by atoms with Gasteiger partial charge in [-0.15, -0.1) is 11.3 Å². The molecule has 0 saturated carbocycles. The van der Waals surface area contributed by atoms with Crippen LogP contribution >= 0.6 is 11.3 Å². The fourth-order valence-corrected chi connectivity index (χ4v) is 4.21. The number of ketones is 1. The zero-order valence-corrected chi connectivity index (χ0v) is 15.0. The number of carbonyl (C=O) groups excluding carboxylic acids is 2. The van der Waals surface area contributed by atoms with Gasteiger partial charge in [0, 0.05) is 10.6 Å². The van der Waals surface area contributed by atoms with Crippen molar-refractivity contribution in [2.75, 3.05) is 4.90 Å². The number of Topliss-reactive ketones (excluding diaryl/α,β-unsaturated/α-hetero) is 1. The molecule has 5 nitrogen and oxygen atoms in total. The molecule has 0 saturated heterocycles. The number of carbonyl (C=O) groups is 2. The topological polar surface area (TPSA) is 70.7 Å². The molecule has 136 valence electrons. The highest BCUT2D eigenvalue weighted by atomic mass is 32.1. The molecule has 1 atom stereocenters. The van der Waals surface area contributed by atoms with E-state index in [0.29, 0.717) is 4.88 Å². The van der Waals surface area contributed by atoms with E-state index in [1.165, 1.54) is 46.8 Å². The summed E-state index contributed by atoms with van der Waals surface area (Å²) in [6.45, 7) is 1.85. The average molecular weight is 383 g/mol. The lowest BCUT2D eigenvalue weighted by Crippen LogP contribution is -2.31. The minimum absolute atomic E-state index is 0.0182. The van der Waals surface area contributed by atoms with Gasteiger partial charge in [-0.3, -0.25) is 14.5 Å². The largest absolute Gasteiger partial charge is 0.503 e. The van der Waals surface area contributed by atoms with E-state index in [0.717, 1.165) is 5.56 Å². The van der Waals surface area contributed by atoms with Gasteiger partial charge >= 0.3 is 0 Å². The average Bonchev–Trinajstić information content (AvgIpc) is 3.36. The first-order chi connectivity index (χ1) is 13.0. The molecule has 0 fully saturated rings. The number of hydrogen-bond donors (Lipinski definition) is 1. The molecule has 1 aromatic carbocycles. The highest BCUT2D eigenvalue weighted by molar-refractivity contribution is 7.10. The summed E-state index contributed by atoms with van der Waals surface area (Å²) in [5.74, 6) is -2.49. The Kier molecular flexibility index (Phi) is 4.16. The maximum Gasteiger partial charge on any atom is 0.294 e. The summed E-state index contributed by atoms with van der Waals surface area (Å²) in [7, 11) is 0. The molecule has 1 unspecified atom stereocenters. The van der Waals surface area contributed by atoms with Crippen molar-refractivity contribution in [1.82, 2.24) is 0 Å². The number of rotatable bonds is 4. The van der Waals surface area contributed by atoms with Crippen molar-refractivity contribution in [3.05, 3.63) is 87.5 Å². The minimum atomic E-state index is -0.864. The van der Waals surface area contributed by atoms with Gasteiger partial charge in [-0.2, -0.15) is 0 Å². The standard InChI is InChI=1S/C20H14FNO4S/c1-11-7-9-27-19(11)16-15(17(23)14-6-3-8-26-14)18(24)20(25)22(16)13-5-2-4-12(21)10-13/h2-10,16,24H,1H3. The first kappa shape index (κ1) is 17.2. The van der Waals surface area contributed by atoms with Gasteiger partial charge in [0.1, 0.15) is 11.9 Å². The molecule has 0 radical (unpaired) electrons. The molecule has 1 amide bonds. The van der Waals surface area contributed by atoms with Gasteiger partial charge in [-0.1, -0.05) is 6.07 Å². The fourth-order valence-electron chi connectivity index (χ4n) is 3.18. The second kappa shape index (κ2) is 6.51. The number of aryl methyl sites for hydroxylation is 1. The van der Waals surface area contributed by atoms with Crippen molar-refractivity contribution >= 4 is 28.7 Å². The minimum Gasteiger partial charge on any atom is -0.503 e. The number of benzene rings is 1. The van der Waals surface area contributed by atoms with Gasteiger partial charge in [0.05, 0.1) is 11.8 Å². The maximum absolute atomic E-state index is 13.8. The maximum atomic E-state index is 13.8. The van der Waals surface area contributed by atoms with E-state index in [9.17, 15) is 19.1 Å². The molecule has 1 N–H and O–H groups in total. The Morgan fingerprint density at radius 3 is 2.70 bits per heavy atom. The van der Waals surface area contributed by atoms with E-state index in [-0.39, 0.29) is 17.0 Å². The van der Waals surface area contributed by atoms with Crippen LogP contribution in [0.4, 0.5) is 10.1 Å².